The van der Waals surface area contributed by atoms with Gasteiger partial charge in [-0.2, -0.15) is 0 Å². The highest BCUT2D eigenvalue weighted by atomic mass is 35.5. The van der Waals surface area contributed by atoms with Crippen LogP contribution in [0, 0.1) is 0 Å². The number of nitrogens with one attached hydrogen (secondary N) is 1. The Morgan fingerprint density at radius 3 is 2.68 bits per heavy atom. The number of pyridine rings is 1. The molecule has 0 unspecified atom stereocenters. The molecular formula is C28H27ClN4O3S. The summed E-state index contributed by atoms with van der Waals surface area (Å²) in [5.74, 6) is 0.383. The zero-order chi connectivity index (χ0) is 26.0. The normalized spacial score (nSPS) is 14.5. The topological polar surface area (TPSA) is 84.4 Å². The molecule has 37 heavy (non-hydrogen) atoms. The fraction of sp³-hybridized carbons (Fsp3) is 0.286. The smallest absolute Gasteiger partial charge is 0.275 e. The third kappa shape index (κ3) is 5.60. The van der Waals surface area contributed by atoms with Crippen molar-refractivity contribution in [3.63, 3.8) is 0 Å². The number of ether oxygens (including phenoxy) is 1. The molecule has 5 rings (SSSR count). The second-order valence-electron chi connectivity index (χ2n) is 9.55. The van der Waals surface area contributed by atoms with E-state index in [1.165, 1.54) is 11.3 Å². The summed E-state index contributed by atoms with van der Waals surface area (Å²) in [6.07, 6.45) is 3.30. The van der Waals surface area contributed by atoms with Gasteiger partial charge in [-0.15, -0.1) is 11.3 Å². The maximum absolute atomic E-state index is 13.2. The number of thiazole rings is 1. The van der Waals surface area contributed by atoms with Gasteiger partial charge in [0, 0.05) is 41.7 Å². The molecule has 2 aromatic carbocycles. The third-order valence-electron chi connectivity index (χ3n) is 6.46. The van der Waals surface area contributed by atoms with Crippen LogP contribution in [0.15, 0.2) is 66.2 Å². The van der Waals surface area contributed by atoms with Crippen molar-refractivity contribution >= 4 is 51.3 Å². The van der Waals surface area contributed by atoms with Gasteiger partial charge in [-0.3, -0.25) is 14.6 Å². The van der Waals surface area contributed by atoms with Crippen LogP contribution in [0.5, 0.6) is 5.75 Å². The molecule has 0 spiro atoms. The van der Waals surface area contributed by atoms with Crippen LogP contribution in [0.1, 0.15) is 48.1 Å². The van der Waals surface area contributed by atoms with Crippen LogP contribution in [0.3, 0.4) is 0 Å². The Bertz CT molecular complexity index is 1450. The second-order valence-corrected chi connectivity index (χ2v) is 10.8. The Labute approximate surface area is 224 Å². The molecule has 1 aliphatic heterocycles. The maximum atomic E-state index is 13.2. The number of halogens is 1. The molecule has 1 aliphatic rings. The SMILES string of the molecule is CC(C)(Oc1ccccc1Cl)C(=O)N1CCC(c2nc(C(=O)Nc3ccc4ncccc4c3)cs2)CC1. The lowest BCUT2D eigenvalue weighted by molar-refractivity contribution is -0.146. The van der Waals surface area contributed by atoms with Gasteiger partial charge in [0.15, 0.2) is 5.60 Å². The van der Waals surface area contributed by atoms with E-state index in [0.717, 1.165) is 28.8 Å². The average Bonchev–Trinajstić information content (AvgIpc) is 3.40. The number of para-hydroxylation sites is 1. The first kappa shape index (κ1) is 25.2. The molecule has 190 valence electrons. The van der Waals surface area contributed by atoms with E-state index < -0.39 is 5.60 Å². The van der Waals surface area contributed by atoms with E-state index in [2.05, 4.69) is 15.3 Å². The van der Waals surface area contributed by atoms with E-state index in [1.54, 1.807) is 37.6 Å². The maximum Gasteiger partial charge on any atom is 0.275 e. The summed E-state index contributed by atoms with van der Waals surface area (Å²) in [7, 11) is 0. The molecule has 1 N–H and O–H groups in total. The Morgan fingerprint density at radius 1 is 1.11 bits per heavy atom. The van der Waals surface area contributed by atoms with E-state index in [-0.39, 0.29) is 17.7 Å². The van der Waals surface area contributed by atoms with Gasteiger partial charge in [0.1, 0.15) is 11.4 Å². The Balaban J connectivity index is 1.18. The van der Waals surface area contributed by atoms with Crippen LogP contribution >= 0.6 is 22.9 Å². The lowest BCUT2D eigenvalue weighted by Crippen LogP contribution is -2.51. The highest BCUT2D eigenvalue weighted by Gasteiger charge is 2.37. The summed E-state index contributed by atoms with van der Waals surface area (Å²) in [5, 5.41) is 7.08. The molecule has 0 atom stereocenters. The number of carbonyl (C=O) groups is 2. The van der Waals surface area contributed by atoms with E-state index in [9.17, 15) is 9.59 Å². The molecule has 7 nitrogen and oxygen atoms in total. The number of likely N-dealkylation sites (tertiary alicyclic amines) is 1. The second kappa shape index (κ2) is 10.5. The molecule has 1 saturated heterocycles. The third-order valence-corrected chi connectivity index (χ3v) is 7.78. The van der Waals surface area contributed by atoms with Crippen LogP contribution < -0.4 is 10.1 Å². The Kier molecular flexibility index (Phi) is 7.13. The van der Waals surface area contributed by atoms with Gasteiger partial charge in [-0.25, -0.2) is 4.98 Å². The van der Waals surface area contributed by atoms with Gasteiger partial charge < -0.3 is 15.0 Å². The van der Waals surface area contributed by atoms with Gasteiger partial charge in [0.2, 0.25) is 0 Å². The predicted molar refractivity (Wildman–Crippen MR) is 147 cm³/mol. The average molecular weight is 535 g/mol. The summed E-state index contributed by atoms with van der Waals surface area (Å²) < 4.78 is 5.98. The number of nitrogens with zero attached hydrogens (tertiary/aromatic N) is 3. The molecule has 0 radical (unpaired) electrons. The highest BCUT2D eigenvalue weighted by molar-refractivity contribution is 7.10. The summed E-state index contributed by atoms with van der Waals surface area (Å²) >= 11 is 7.71. The molecule has 9 heteroatoms. The molecule has 0 bridgehead atoms. The van der Waals surface area contributed by atoms with E-state index >= 15 is 0 Å². The van der Waals surface area contributed by atoms with Crippen molar-refractivity contribution < 1.29 is 14.3 Å². The number of hydrogen-bond acceptors (Lipinski definition) is 6. The van der Waals surface area contributed by atoms with Crippen molar-refractivity contribution in [2.24, 2.45) is 0 Å². The fourth-order valence-corrected chi connectivity index (χ4v) is 5.63. The van der Waals surface area contributed by atoms with Crippen molar-refractivity contribution in [3.8, 4) is 5.75 Å². The number of carbonyl (C=O) groups excluding carboxylic acids is 2. The molecule has 0 saturated carbocycles. The molecule has 4 aromatic rings. The molecule has 3 heterocycles. The zero-order valence-electron chi connectivity index (χ0n) is 20.6. The van der Waals surface area contributed by atoms with E-state index in [1.807, 2.05) is 47.4 Å². The van der Waals surface area contributed by atoms with E-state index in [4.69, 9.17) is 16.3 Å². The minimum Gasteiger partial charge on any atom is -0.476 e. The first-order valence-electron chi connectivity index (χ1n) is 12.1. The van der Waals surface area contributed by atoms with Crippen molar-refractivity contribution in [1.29, 1.82) is 0 Å². The fourth-order valence-electron chi connectivity index (χ4n) is 4.48. The van der Waals surface area contributed by atoms with Crippen LogP contribution in [-0.4, -0.2) is 45.4 Å². The Hall–Kier alpha value is -3.49. The van der Waals surface area contributed by atoms with Crippen LogP contribution in [0.2, 0.25) is 5.02 Å². The first-order chi connectivity index (χ1) is 17.8. The number of rotatable bonds is 6. The lowest BCUT2D eigenvalue weighted by atomic mass is 9.96. The summed E-state index contributed by atoms with van der Waals surface area (Å²) in [4.78, 5) is 36.8. The number of benzene rings is 2. The predicted octanol–water partition coefficient (Wildman–Crippen LogP) is 6.16. The standard InChI is InChI=1S/C28H27ClN4O3S/c1-28(2,36-24-8-4-3-7-21(24)29)27(35)33-14-11-18(12-15-33)26-32-23(17-37-26)25(34)31-20-9-10-22-19(16-20)6-5-13-30-22/h3-10,13,16-18H,11-12,14-15H2,1-2H3,(H,31,34). The quantitative estimate of drug-likeness (QED) is 0.320. The minimum absolute atomic E-state index is 0.0735. The monoisotopic (exact) mass is 534 g/mol. The van der Waals surface area contributed by atoms with Gasteiger partial charge in [0.05, 0.1) is 15.5 Å². The number of amides is 2. The van der Waals surface area contributed by atoms with Crippen molar-refractivity contribution in [3.05, 3.63) is 81.9 Å². The van der Waals surface area contributed by atoms with Crippen LogP contribution in [0.4, 0.5) is 5.69 Å². The first-order valence-corrected chi connectivity index (χ1v) is 13.4. The number of hydrogen-bond donors (Lipinski definition) is 1. The number of aromatic nitrogens is 2. The van der Waals surface area contributed by atoms with Crippen molar-refractivity contribution in [2.75, 3.05) is 18.4 Å². The van der Waals surface area contributed by atoms with Gasteiger partial charge in [-0.1, -0.05) is 29.8 Å². The zero-order valence-corrected chi connectivity index (χ0v) is 22.2. The molecule has 2 amide bonds. The molecular weight excluding hydrogens is 508 g/mol. The van der Waals surface area contributed by atoms with Gasteiger partial charge in [0.25, 0.3) is 11.8 Å². The highest BCUT2D eigenvalue weighted by Crippen LogP contribution is 2.33. The summed E-state index contributed by atoms with van der Waals surface area (Å²) in [5.41, 5.74) is 0.941. The largest absolute Gasteiger partial charge is 0.476 e. The van der Waals surface area contributed by atoms with E-state index in [0.29, 0.717) is 35.2 Å². The van der Waals surface area contributed by atoms with Crippen LogP contribution in [0.25, 0.3) is 10.9 Å². The molecule has 0 aliphatic carbocycles. The van der Waals surface area contributed by atoms with Crippen molar-refractivity contribution in [2.45, 2.75) is 38.2 Å². The Morgan fingerprint density at radius 2 is 1.89 bits per heavy atom. The summed E-state index contributed by atoms with van der Waals surface area (Å²) in [6.45, 7) is 4.74. The number of fused-ring (bicyclic) bond motifs is 1. The summed E-state index contributed by atoms with van der Waals surface area (Å²) in [6, 6.07) is 16.6. The molecule has 2 aromatic heterocycles. The minimum atomic E-state index is -1.04. The number of anilines is 1. The number of piperidine rings is 1. The van der Waals surface area contributed by atoms with Gasteiger partial charge >= 0.3 is 0 Å². The lowest BCUT2D eigenvalue weighted by Gasteiger charge is -2.36. The van der Waals surface area contributed by atoms with Crippen LogP contribution in [-0.2, 0) is 4.79 Å². The molecule has 1 fully saturated rings. The van der Waals surface area contributed by atoms with Crippen molar-refractivity contribution in [1.82, 2.24) is 14.9 Å². The van der Waals surface area contributed by atoms with Gasteiger partial charge in [-0.05, 0) is 63.1 Å².